The average Bonchev–Trinajstić information content (AvgIpc) is 2.68. The highest BCUT2D eigenvalue weighted by Crippen LogP contribution is 2.29. The molecule has 2 N–H and O–H groups in total. The minimum absolute atomic E-state index is 0.399. The second-order valence-corrected chi connectivity index (χ2v) is 5.73. The predicted octanol–water partition coefficient (Wildman–Crippen LogP) is 4.68. The standard InChI is InChI=1S/C13H8BrCl2N3/c14-9-3-2-8(6-10(9)16)19-12-4-1-7(15)5-11(12)18-13(19)17/h1-6H,(H2,17,18). The van der Waals surface area contributed by atoms with Gasteiger partial charge >= 0.3 is 0 Å². The monoisotopic (exact) mass is 355 g/mol. The number of nitrogen functional groups attached to an aromatic ring is 1. The average molecular weight is 357 g/mol. The fraction of sp³-hybridized carbons (Fsp3) is 0. The summed E-state index contributed by atoms with van der Waals surface area (Å²) in [5.41, 5.74) is 8.48. The summed E-state index contributed by atoms with van der Waals surface area (Å²) in [7, 11) is 0. The molecule has 3 rings (SSSR count). The van der Waals surface area contributed by atoms with Crippen molar-refractivity contribution in [2.45, 2.75) is 0 Å². The Morgan fingerprint density at radius 2 is 1.89 bits per heavy atom. The van der Waals surface area contributed by atoms with Crippen LogP contribution in [0.15, 0.2) is 40.9 Å². The molecule has 0 radical (unpaired) electrons. The van der Waals surface area contributed by atoms with Gasteiger partial charge < -0.3 is 5.73 Å². The van der Waals surface area contributed by atoms with E-state index >= 15 is 0 Å². The molecule has 0 aliphatic rings. The van der Waals surface area contributed by atoms with Gasteiger partial charge in [-0.25, -0.2) is 4.98 Å². The van der Waals surface area contributed by atoms with E-state index in [9.17, 15) is 0 Å². The van der Waals surface area contributed by atoms with Crippen LogP contribution in [0.2, 0.25) is 10.0 Å². The topological polar surface area (TPSA) is 43.8 Å². The number of nitrogens with zero attached hydrogens (tertiary/aromatic N) is 2. The van der Waals surface area contributed by atoms with Crippen molar-refractivity contribution in [3.63, 3.8) is 0 Å². The minimum atomic E-state index is 0.399. The number of fused-ring (bicyclic) bond motifs is 1. The zero-order valence-corrected chi connectivity index (χ0v) is 12.7. The van der Waals surface area contributed by atoms with E-state index in [1.807, 2.05) is 34.9 Å². The number of nitrogens with two attached hydrogens (primary N) is 1. The summed E-state index contributed by atoms with van der Waals surface area (Å²) in [4.78, 5) is 4.30. The Labute approximate surface area is 128 Å². The third-order valence-corrected chi connectivity index (χ3v) is 4.27. The third kappa shape index (κ3) is 2.20. The first-order valence-electron chi connectivity index (χ1n) is 5.45. The number of aromatic nitrogens is 2. The van der Waals surface area contributed by atoms with Crippen molar-refractivity contribution >= 4 is 56.1 Å². The summed E-state index contributed by atoms with van der Waals surface area (Å²) in [5, 5.41) is 1.25. The van der Waals surface area contributed by atoms with Crippen LogP contribution in [0.5, 0.6) is 0 Å². The highest BCUT2D eigenvalue weighted by atomic mass is 79.9. The fourth-order valence-corrected chi connectivity index (χ4v) is 2.56. The molecule has 3 aromatic rings. The van der Waals surface area contributed by atoms with E-state index in [-0.39, 0.29) is 0 Å². The Morgan fingerprint density at radius 3 is 2.63 bits per heavy atom. The number of imidazole rings is 1. The molecule has 0 aliphatic carbocycles. The second-order valence-electron chi connectivity index (χ2n) is 4.04. The molecule has 2 aromatic carbocycles. The van der Waals surface area contributed by atoms with E-state index in [4.69, 9.17) is 28.9 Å². The molecule has 0 saturated heterocycles. The molecule has 0 bridgehead atoms. The van der Waals surface area contributed by atoms with E-state index in [0.717, 1.165) is 21.2 Å². The van der Waals surface area contributed by atoms with Crippen molar-refractivity contribution in [1.82, 2.24) is 9.55 Å². The Balaban J connectivity index is 2.29. The lowest BCUT2D eigenvalue weighted by molar-refractivity contribution is 1.11. The highest BCUT2D eigenvalue weighted by Gasteiger charge is 2.11. The lowest BCUT2D eigenvalue weighted by Crippen LogP contribution is -2.00. The largest absolute Gasteiger partial charge is 0.369 e. The molecule has 19 heavy (non-hydrogen) atoms. The molecule has 0 spiro atoms. The first kappa shape index (κ1) is 12.8. The van der Waals surface area contributed by atoms with E-state index in [0.29, 0.717) is 16.0 Å². The maximum Gasteiger partial charge on any atom is 0.205 e. The van der Waals surface area contributed by atoms with Gasteiger partial charge in [-0.1, -0.05) is 23.2 Å². The lowest BCUT2D eigenvalue weighted by Gasteiger charge is -2.07. The van der Waals surface area contributed by atoms with Crippen molar-refractivity contribution in [3.8, 4) is 5.69 Å². The smallest absolute Gasteiger partial charge is 0.205 e. The van der Waals surface area contributed by atoms with Gasteiger partial charge in [-0.3, -0.25) is 4.57 Å². The maximum absolute atomic E-state index is 6.12. The van der Waals surface area contributed by atoms with E-state index in [1.165, 1.54) is 0 Å². The van der Waals surface area contributed by atoms with Crippen LogP contribution >= 0.6 is 39.1 Å². The maximum atomic E-state index is 6.12. The molecular weight excluding hydrogens is 349 g/mol. The lowest BCUT2D eigenvalue weighted by atomic mass is 10.3. The molecule has 3 nitrogen and oxygen atoms in total. The fourth-order valence-electron chi connectivity index (χ4n) is 1.97. The van der Waals surface area contributed by atoms with Crippen LogP contribution in [0.3, 0.4) is 0 Å². The van der Waals surface area contributed by atoms with Gasteiger partial charge in [-0.15, -0.1) is 0 Å². The second kappa shape index (κ2) is 4.71. The van der Waals surface area contributed by atoms with Gasteiger partial charge in [0.25, 0.3) is 0 Å². The molecule has 0 aliphatic heterocycles. The number of halogens is 3. The van der Waals surface area contributed by atoms with Crippen LogP contribution < -0.4 is 5.73 Å². The summed E-state index contributed by atoms with van der Waals surface area (Å²) in [5.74, 6) is 0.399. The number of hydrogen-bond acceptors (Lipinski definition) is 2. The van der Waals surface area contributed by atoms with Crippen molar-refractivity contribution in [1.29, 1.82) is 0 Å². The van der Waals surface area contributed by atoms with Crippen LogP contribution in [0.25, 0.3) is 16.7 Å². The normalized spacial score (nSPS) is 11.1. The molecule has 0 atom stereocenters. The number of benzene rings is 2. The number of rotatable bonds is 1. The van der Waals surface area contributed by atoms with Crippen LogP contribution in [-0.4, -0.2) is 9.55 Å². The van der Waals surface area contributed by atoms with Crippen molar-refractivity contribution in [2.75, 3.05) is 5.73 Å². The van der Waals surface area contributed by atoms with Gasteiger partial charge in [0.1, 0.15) is 0 Å². The summed E-state index contributed by atoms with van der Waals surface area (Å²) >= 11 is 15.4. The zero-order valence-electron chi connectivity index (χ0n) is 9.57. The summed E-state index contributed by atoms with van der Waals surface area (Å²) < 4.78 is 2.67. The molecule has 0 amide bonds. The summed E-state index contributed by atoms with van der Waals surface area (Å²) in [6.07, 6.45) is 0. The Kier molecular flexibility index (Phi) is 3.17. The highest BCUT2D eigenvalue weighted by molar-refractivity contribution is 9.10. The summed E-state index contributed by atoms with van der Waals surface area (Å²) in [6, 6.07) is 11.1. The number of anilines is 1. The van der Waals surface area contributed by atoms with Gasteiger partial charge in [-0.05, 0) is 52.3 Å². The van der Waals surface area contributed by atoms with Gasteiger partial charge in [0.05, 0.1) is 21.7 Å². The molecule has 0 unspecified atom stereocenters. The van der Waals surface area contributed by atoms with Gasteiger partial charge in [-0.2, -0.15) is 0 Å². The zero-order chi connectivity index (χ0) is 13.6. The minimum Gasteiger partial charge on any atom is -0.369 e. The molecule has 0 saturated carbocycles. The molecule has 96 valence electrons. The third-order valence-electron chi connectivity index (χ3n) is 2.80. The van der Waals surface area contributed by atoms with Gasteiger partial charge in [0.15, 0.2) is 0 Å². The van der Waals surface area contributed by atoms with Crippen LogP contribution in [0.1, 0.15) is 0 Å². The summed E-state index contributed by atoms with van der Waals surface area (Å²) in [6.45, 7) is 0. The predicted molar refractivity (Wildman–Crippen MR) is 83.2 cm³/mol. The van der Waals surface area contributed by atoms with Gasteiger partial charge in [0, 0.05) is 9.50 Å². The Bertz CT molecular complexity index is 783. The van der Waals surface area contributed by atoms with Crippen LogP contribution in [-0.2, 0) is 0 Å². The van der Waals surface area contributed by atoms with E-state index in [1.54, 1.807) is 6.07 Å². The van der Waals surface area contributed by atoms with Crippen molar-refractivity contribution in [3.05, 3.63) is 50.9 Å². The Morgan fingerprint density at radius 1 is 1.11 bits per heavy atom. The quantitative estimate of drug-likeness (QED) is 0.688. The van der Waals surface area contributed by atoms with Crippen molar-refractivity contribution < 1.29 is 0 Å². The first-order valence-corrected chi connectivity index (χ1v) is 7.00. The molecular formula is C13H8BrCl2N3. The Hall–Kier alpha value is -1.23. The molecule has 6 heteroatoms. The van der Waals surface area contributed by atoms with Crippen molar-refractivity contribution in [2.24, 2.45) is 0 Å². The van der Waals surface area contributed by atoms with Crippen LogP contribution in [0.4, 0.5) is 5.95 Å². The van der Waals surface area contributed by atoms with Crippen LogP contribution in [0, 0.1) is 0 Å². The molecule has 1 aromatic heterocycles. The number of hydrogen-bond donors (Lipinski definition) is 1. The first-order chi connectivity index (χ1) is 9.06. The van der Waals surface area contributed by atoms with Gasteiger partial charge in [0.2, 0.25) is 5.95 Å². The molecule has 1 heterocycles. The molecule has 0 fully saturated rings. The SMILES string of the molecule is Nc1nc2cc(Cl)ccc2n1-c1ccc(Br)c(Cl)c1. The van der Waals surface area contributed by atoms with E-state index < -0.39 is 0 Å². The van der Waals surface area contributed by atoms with E-state index in [2.05, 4.69) is 20.9 Å².